The molecule has 1 aliphatic rings. The predicted molar refractivity (Wildman–Crippen MR) is 51.1 cm³/mol. The Morgan fingerprint density at radius 3 is 2.67 bits per heavy atom. The molecule has 0 aliphatic heterocycles. The van der Waals surface area contributed by atoms with Crippen molar-refractivity contribution in [2.24, 2.45) is 11.8 Å². The highest BCUT2D eigenvalue weighted by atomic mass is 16.3. The van der Waals surface area contributed by atoms with Gasteiger partial charge in [-0.3, -0.25) is 0 Å². The largest absolute Gasteiger partial charge is 0.393 e. The lowest BCUT2D eigenvalue weighted by Crippen LogP contribution is -2.25. The summed E-state index contributed by atoms with van der Waals surface area (Å²) in [7, 11) is 0. The number of aliphatic hydroxyl groups excluding tert-OH is 1. The van der Waals surface area contributed by atoms with E-state index in [-0.39, 0.29) is 6.10 Å². The second kappa shape index (κ2) is 4.83. The van der Waals surface area contributed by atoms with Gasteiger partial charge in [0.2, 0.25) is 0 Å². The Morgan fingerprint density at radius 2 is 2.17 bits per heavy atom. The van der Waals surface area contributed by atoms with Gasteiger partial charge in [0.25, 0.3) is 0 Å². The average Bonchev–Trinajstić information content (AvgIpc) is 2.35. The van der Waals surface area contributed by atoms with Crippen molar-refractivity contribution in [1.82, 2.24) is 5.32 Å². The van der Waals surface area contributed by atoms with E-state index in [1.54, 1.807) is 0 Å². The van der Waals surface area contributed by atoms with Gasteiger partial charge in [0, 0.05) is 0 Å². The molecule has 12 heavy (non-hydrogen) atoms. The van der Waals surface area contributed by atoms with Gasteiger partial charge in [-0.2, -0.15) is 0 Å². The van der Waals surface area contributed by atoms with Gasteiger partial charge in [-0.25, -0.2) is 0 Å². The molecule has 0 bridgehead atoms. The van der Waals surface area contributed by atoms with Crippen molar-refractivity contribution in [2.45, 2.75) is 39.2 Å². The minimum absolute atomic E-state index is 0.0177. The third kappa shape index (κ3) is 3.55. The van der Waals surface area contributed by atoms with Crippen molar-refractivity contribution in [3.05, 3.63) is 0 Å². The van der Waals surface area contributed by atoms with E-state index in [9.17, 15) is 5.11 Å². The Morgan fingerprint density at radius 1 is 1.42 bits per heavy atom. The van der Waals surface area contributed by atoms with Crippen LogP contribution >= 0.6 is 0 Å². The Balaban J connectivity index is 2.00. The quantitative estimate of drug-likeness (QED) is 0.670. The van der Waals surface area contributed by atoms with Crippen LogP contribution < -0.4 is 5.32 Å². The lowest BCUT2D eigenvalue weighted by atomic mass is 10.1. The maximum Gasteiger partial charge on any atom is 0.0543 e. The highest BCUT2D eigenvalue weighted by molar-refractivity contribution is 4.76. The Bertz CT molecular complexity index is 125. The van der Waals surface area contributed by atoms with E-state index in [4.69, 9.17) is 0 Å². The van der Waals surface area contributed by atoms with E-state index in [0.717, 1.165) is 37.8 Å². The fourth-order valence-electron chi connectivity index (χ4n) is 1.81. The second-order valence-electron chi connectivity index (χ2n) is 4.38. The van der Waals surface area contributed by atoms with Gasteiger partial charge >= 0.3 is 0 Å². The first kappa shape index (κ1) is 10.0. The van der Waals surface area contributed by atoms with Crippen LogP contribution in [-0.2, 0) is 0 Å². The molecule has 2 atom stereocenters. The number of nitrogens with one attached hydrogen (secondary N) is 1. The van der Waals surface area contributed by atoms with E-state index in [1.165, 1.54) is 6.42 Å². The summed E-state index contributed by atoms with van der Waals surface area (Å²) in [6.07, 6.45) is 3.20. The van der Waals surface area contributed by atoms with Gasteiger partial charge < -0.3 is 10.4 Å². The highest BCUT2D eigenvalue weighted by Gasteiger charge is 2.21. The molecule has 1 aliphatic carbocycles. The lowest BCUT2D eigenvalue weighted by Gasteiger charge is -2.11. The van der Waals surface area contributed by atoms with Crippen molar-refractivity contribution < 1.29 is 5.11 Å². The molecule has 0 saturated heterocycles. The molecule has 1 saturated carbocycles. The summed E-state index contributed by atoms with van der Waals surface area (Å²) in [6.45, 7) is 6.63. The van der Waals surface area contributed by atoms with E-state index in [0.29, 0.717) is 0 Å². The monoisotopic (exact) mass is 171 g/mol. The van der Waals surface area contributed by atoms with Gasteiger partial charge in [0.1, 0.15) is 0 Å². The molecule has 2 unspecified atom stereocenters. The number of hydrogen-bond acceptors (Lipinski definition) is 2. The standard InChI is InChI=1S/C10H21NO/c1-8(2)6-11-7-9-3-4-10(12)5-9/h8-12H,3-7H2,1-2H3. The van der Waals surface area contributed by atoms with Crippen LogP contribution in [-0.4, -0.2) is 24.3 Å². The van der Waals surface area contributed by atoms with Crippen LogP contribution in [0.3, 0.4) is 0 Å². The maximum atomic E-state index is 9.28. The molecule has 0 heterocycles. The van der Waals surface area contributed by atoms with E-state index in [2.05, 4.69) is 19.2 Å². The first-order chi connectivity index (χ1) is 5.68. The Hall–Kier alpha value is -0.0800. The topological polar surface area (TPSA) is 32.3 Å². The van der Waals surface area contributed by atoms with Crippen LogP contribution in [0.2, 0.25) is 0 Å². The van der Waals surface area contributed by atoms with Crippen molar-refractivity contribution in [1.29, 1.82) is 0 Å². The fourth-order valence-corrected chi connectivity index (χ4v) is 1.81. The van der Waals surface area contributed by atoms with Crippen molar-refractivity contribution in [2.75, 3.05) is 13.1 Å². The molecule has 0 amide bonds. The summed E-state index contributed by atoms with van der Waals surface area (Å²) >= 11 is 0. The molecule has 2 nitrogen and oxygen atoms in total. The Kier molecular flexibility index (Phi) is 4.02. The van der Waals surface area contributed by atoms with Crippen molar-refractivity contribution >= 4 is 0 Å². The molecular weight excluding hydrogens is 150 g/mol. The minimum Gasteiger partial charge on any atom is -0.393 e. The summed E-state index contributed by atoms with van der Waals surface area (Å²) in [5.74, 6) is 1.45. The average molecular weight is 171 g/mol. The summed E-state index contributed by atoms with van der Waals surface area (Å²) in [5, 5.41) is 12.7. The smallest absolute Gasteiger partial charge is 0.0543 e. The molecule has 0 aromatic carbocycles. The minimum atomic E-state index is -0.0177. The summed E-state index contributed by atoms with van der Waals surface area (Å²) < 4.78 is 0. The van der Waals surface area contributed by atoms with Crippen LogP contribution in [0.1, 0.15) is 33.1 Å². The van der Waals surface area contributed by atoms with Crippen LogP contribution in [0.5, 0.6) is 0 Å². The molecule has 1 fully saturated rings. The van der Waals surface area contributed by atoms with E-state index in [1.807, 2.05) is 0 Å². The summed E-state index contributed by atoms with van der Waals surface area (Å²) in [6, 6.07) is 0. The van der Waals surface area contributed by atoms with Crippen LogP contribution in [0.4, 0.5) is 0 Å². The highest BCUT2D eigenvalue weighted by Crippen LogP contribution is 2.24. The molecule has 2 heteroatoms. The zero-order chi connectivity index (χ0) is 8.97. The molecule has 0 aromatic rings. The first-order valence-electron chi connectivity index (χ1n) is 5.07. The number of rotatable bonds is 4. The SMILES string of the molecule is CC(C)CNCC1CCC(O)C1. The van der Waals surface area contributed by atoms with Crippen LogP contribution in [0.15, 0.2) is 0 Å². The van der Waals surface area contributed by atoms with Gasteiger partial charge in [0.15, 0.2) is 0 Å². The zero-order valence-corrected chi connectivity index (χ0v) is 8.21. The van der Waals surface area contributed by atoms with E-state index >= 15 is 0 Å². The molecule has 0 aromatic heterocycles. The first-order valence-corrected chi connectivity index (χ1v) is 5.07. The molecule has 72 valence electrons. The van der Waals surface area contributed by atoms with Gasteiger partial charge in [0.05, 0.1) is 6.10 Å². The van der Waals surface area contributed by atoms with Crippen molar-refractivity contribution in [3.63, 3.8) is 0 Å². The number of aliphatic hydroxyl groups is 1. The van der Waals surface area contributed by atoms with E-state index < -0.39 is 0 Å². The molecular formula is C10H21NO. The van der Waals surface area contributed by atoms with Gasteiger partial charge in [-0.1, -0.05) is 13.8 Å². The van der Waals surface area contributed by atoms with Crippen LogP contribution in [0.25, 0.3) is 0 Å². The zero-order valence-electron chi connectivity index (χ0n) is 8.21. The van der Waals surface area contributed by atoms with Crippen molar-refractivity contribution in [3.8, 4) is 0 Å². The summed E-state index contributed by atoms with van der Waals surface area (Å²) in [5.41, 5.74) is 0. The van der Waals surface area contributed by atoms with Gasteiger partial charge in [-0.05, 0) is 44.2 Å². The maximum absolute atomic E-state index is 9.28. The van der Waals surface area contributed by atoms with Crippen LogP contribution in [0, 0.1) is 11.8 Å². The molecule has 2 N–H and O–H groups in total. The third-order valence-corrected chi connectivity index (χ3v) is 2.50. The third-order valence-electron chi connectivity index (χ3n) is 2.50. The van der Waals surface area contributed by atoms with Gasteiger partial charge in [-0.15, -0.1) is 0 Å². The Labute approximate surface area is 75.4 Å². The predicted octanol–water partition coefficient (Wildman–Crippen LogP) is 1.39. The normalized spacial score (nSPS) is 30.0. The fraction of sp³-hybridized carbons (Fsp3) is 1.00. The molecule has 1 rings (SSSR count). The lowest BCUT2D eigenvalue weighted by molar-refractivity contribution is 0.177. The second-order valence-corrected chi connectivity index (χ2v) is 4.38. The molecule has 0 radical (unpaired) electrons. The summed E-state index contributed by atoms with van der Waals surface area (Å²) in [4.78, 5) is 0. The molecule has 0 spiro atoms. The number of hydrogen-bond donors (Lipinski definition) is 2.